The Labute approximate surface area is 147 Å². The van der Waals surface area contributed by atoms with Crippen LogP contribution in [0, 0.1) is 5.82 Å². The first-order valence-electron chi connectivity index (χ1n) is 7.54. The number of fused-ring (bicyclic) bond motifs is 1. The fourth-order valence-corrected chi connectivity index (χ4v) is 3.24. The minimum Gasteiger partial charge on any atom is -0.452 e. The van der Waals surface area contributed by atoms with Crippen LogP contribution in [0.25, 0.3) is 10.2 Å². The fourth-order valence-electron chi connectivity index (χ4n) is 2.22. The highest BCUT2D eigenvalue weighted by atomic mass is 32.1. The van der Waals surface area contributed by atoms with Crippen LogP contribution in [0.15, 0.2) is 48.5 Å². The van der Waals surface area contributed by atoms with Crippen LogP contribution in [-0.2, 0) is 16.1 Å². The Morgan fingerprint density at radius 2 is 1.88 bits per heavy atom. The molecule has 25 heavy (non-hydrogen) atoms. The summed E-state index contributed by atoms with van der Waals surface area (Å²) in [5.74, 6) is -1.92. The average Bonchev–Trinajstić information content (AvgIpc) is 3.01. The molecule has 0 fully saturated rings. The monoisotopic (exact) mass is 358 g/mol. The molecule has 0 saturated carbocycles. The van der Waals surface area contributed by atoms with Crippen molar-refractivity contribution >= 4 is 33.4 Å². The molecule has 3 rings (SSSR count). The first-order valence-corrected chi connectivity index (χ1v) is 8.36. The third kappa shape index (κ3) is 4.00. The molecule has 2 aromatic carbocycles. The molecule has 1 amide bonds. The molecule has 5 nitrogen and oxygen atoms in total. The molecule has 0 atom stereocenters. The molecule has 0 N–H and O–H groups in total. The molecule has 0 saturated heterocycles. The molecule has 7 heteroatoms. The van der Waals surface area contributed by atoms with Crippen LogP contribution in [0.4, 0.5) is 4.39 Å². The highest BCUT2D eigenvalue weighted by Crippen LogP contribution is 2.22. The molecule has 0 aliphatic heterocycles. The van der Waals surface area contributed by atoms with Crippen molar-refractivity contribution in [2.24, 2.45) is 0 Å². The summed E-state index contributed by atoms with van der Waals surface area (Å²) in [6.45, 7) is -0.135. The van der Waals surface area contributed by atoms with Gasteiger partial charge in [-0.25, -0.2) is 14.2 Å². The number of ether oxygens (including phenoxy) is 1. The number of amides is 1. The summed E-state index contributed by atoms with van der Waals surface area (Å²) >= 11 is 1.50. The molecule has 3 aromatic rings. The van der Waals surface area contributed by atoms with Crippen LogP contribution in [0.1, 0.15) is 15.4 Å². The number of halogens is 1. The van der Waals surface area contributed by atoms with Gasteiger partial charge in [0.25, 0.3) is 5.91 Å². The number of benzene rings is 2. The van der Waals surface area contributed by atoms with E-state index < -0.39 is 18.4 Å². The van der Waals surface area contributed by atoms with Gasteiger partial charge in [0.1, 0.15) is 10.8 Å². The van der Waals surface area contributed by atoms with Crippen LogP contribution in [0.3, 0.4) is 0 Å². The Bertz CT molecular complexity index is 892. The van der Waals surface area contributed by atoms with E-state index in [1.54, 1.807) is 7.05 Å². The van der Waals surface area contributed by atoms with Gasteiger partial charge in [0.2, 0.25) is 0 Å². The minimum absolute atomic E-state index is 0.191. The molecule has 0 bridgehead atoms. The molecule has 1 heterocycles. The molecule has 128 valence electrons. The number of para-hydroxylation sites is 1. The van der Waals surface area contributed by atoms with Crippen molar-refractivity contribution in [2.45, 2.75) is 6.54 Å². The SMILES string of the molecule is CN(Cc1nc2ccccc2s1)C(=O)COC(=O)c1ccccc1F. The highest BCUT2D eigenvalue weighted by Gasteiger charge is 2.17. The summed E-state index contributed by atoms with van der Waals surface area (Å²) < 4.78 is 19.5. The number of hydrogen-bond donors (Lipinski definition) is 0. The summed E-state index contributed by atoms with van der Waals surface area (Å²) in [6, 6.07) is 13.2. The van der Waals surface area contributed by atoms with E-state index in [9.17, 15) is 14.0 Å². The third-order valence-corrected chi connectivity index (χ3v) is 4.58. The van der Waals surface area contributed by atoms with Crippen molar-refractivity contribution in [1.29, 1.82) is 0 Å². The number of thiazole rings is 1. The maximum atomic E-state index is 13.5. The second kappa shape index (κ2) is 7.40. The van der Waals surface area contributed by atoms with E-state index in [1.807, 2.05) is 24.3 Å². The quantitative estimate of drug-likeness (QED) is 0.657. The molecular weight excluding hydrogens is 343 g/mol. The summed E-state index contributed by atoms with van der Waals surface area (Å²) in [5, 5.41) is 0.789. The van der Waals surface area contributed by atoms with Gasteiger partial charge in [0, 0.05) is 7.05 Å². The molecular formula is C18H15FN2O3S. The lowest BCUT2D eigenvalue weighted by Crippen LogP contribution is -2.30. The topological polar surface area (TPSA) is 59.5 Å². The Morgan fingerprint density at radius 3 is 2.64 bits per heavy atom. The number of aromatic nitrogens is 1. The standard InChI is InChI=1S/C18H15FN2O3S/c1-21(10-16-20-14-8-4-5-9-15(14)25-16)17(22)11-24-18(23)12-6-2-3-7-13(12)19/h2-9H,10-11H2,1H3. The van der Waals surface area contributed by atoms with Gasteiger partial charge in [-0.05, 0) is 24.3 Å². The summed E-state index contributed by atoms with van der Waals surface area (Å²) in [7, 11) is 1.60. The van der Waals surface area contributed by atoms with E-state index in [2.05, 4.69) is 4.98 Å². The van der Waals surface area contributed by atoms with Gasteiger partial charge in [0.05, 0.1) is 22.3 Å². The van der Waals surface area contributed by atoms with E-state index in [1.165, 1.54) is 34.4 Å². The lowest BCUT2D eigenvalue weighted by atomic mass is 10.2. The molecule has 0 aliphatic rings. The highest BCUT2D eigenvalue weighted by molar-refractivity contribution is 7.18. The fraction of sp³-hybridized carbons (Fsp3) is 0.167. The van der Waals surface area contributed by atoms with E-state index in [0.29, 0.717) is 6.54 Å². The van der Waals surface area contributed by atoms with E-state index >= 15 is 0 Å². The molecule has 0 aliphatic carbocycles. The van der Waals surface area contributed by atoms with Crippen LogP contribution in [-0.4, -0.2) is 35.4 Å². The second-order valence-electron chi connectivity index (χ2n) is 5.38. The lowest BCUT2D eigenvalue weighted by Gasteiger charge is -2.15. The summed E-state index contributed by atoms with van der Waals surface area (Å²) in [6.07, 6.45) is 0. The van der Waals surface area contributed by atoms with E-state index in [4.69, 9.17) is 4.74 Å². The van der Waals surface area contributed by atoms with Gasteiger partial charge < -0.3 is 9.64 Å². The van der Waals surface area contributed by atoms with Crippen molar-refractivity contribution in [3.8, 4) is 0 Å². The van der Waals surface area contributed by atoms with Gasteiger partial charge >= 0.3 is 5.97 Å². The third-order valence-electron chi connectivity index (χ3n) is 3.56. The molecule has 0 unspecified atom stereocenters. The Kier molecular flexibility index (Phi) is 5.04. The largest absolute Gasteiger partial charge is 0.452 e. The van der Waals surface area contributed by atoms with Crippen LogP contribution < -0.4 is 0 Å². The number of likely N-dealkylation sites (N-methyl/N-ethyl adjacent to an activating group) is 1. The molecule has 0 radical (unpaired) electrons. The summed E-state index contributed by atoms with van der Waals surface area (Å²) in [4.78, 5) is 29.8. The maximum Gasteiger partial charge on any atom is 0.341 e. The smallest absolute Gasteiger partial charge is 0.341 e. The maximum absolute atomic E-state index is 13.5. The Hall–Kier alpha value is -2.80. The van der Waals surface area contributed by atoms with Gasteiger partial charge in [-0.1, -0.05) is 24.3 Å². The van der Waals surface area contributed by atoms with Crippen molar-refractivity contribution in [1.82, 2.24) is 9.88 Å². The predicted molar refractivity (Wildman–Crippen MR) is 92.8 cm³/mol. The zero-order valence-electron chi connectivity index (χ0n) is 13.4. The number of esters is 1. The van der Waals surface area contributed by atoms with Gasteiger partial charge in [0.15, 0.2) is 6.61 Å². The number of rotatable bonds is 5. The predicted octanol–water partition coefficient (Wildman–Crippen LogP) is 3.25. The Morgan fingerprint density at radius 1 is 1.16 bits per heavy atom. The van der Waals surface area contributed by atoms with Crippen molar-refractivity contribution < 1.29 is 18.7 Å². The first kappa shape index (κ1) is 17.0. The van der Waals surface area contributed by atoms with Crippen LogP contribution >= 0.6 is 11.3 Å². The summed E-state index contributed by atoms with van der Waals surface area (Å²) in [5.41, 5.74) is 0.693. The van der Waals surface area contributed by atoms with E-state index in [0.717, 1.165) is 21.3 Å². The van der Waals surface area contributed by atoms with Crippen LogP contribution in [0.5, 0.6) is 0 Å². The van der Waals surface area contributed by atoms with Gasteiger partial charge in [-0.3, -0.25) is 4.79 Å². The number of carbonyl (C=O) groups excluding carboxylic acids is 2. The average molecular weight is 358 g/mol. The zero-order chi connectivity index (χ0) is 17.8. The van der Waals surface area contributed by atoms with Gasteiger partial charge in [-0.15, -0.1) is 11.3 Å². The number of carbonyl (C=O) groups is 2. The number of nitrogens with zero attached hydrogens (tertiary/aromatic N) is 2. The first-order chi connectivity index (χ1) is 12.0. The van der Waals surface area contributed by atoms with Gasteiger partial charge in [-0.2, -0.15) is 0 Å². The minimum atomic E-state index is -0.861. The number of hydrogen-bond acceptors (Lipinski definition) is 5. The van der Waals surface area contributed by atoms with Crippen molar-refractivity contribution in [3.05, 3.63) is 64.9 Å². The Balaban J connectivity index is 1.57. The second-order valence-corrected chi connectivity index (χ2v) is 6.50. The lowest BCUT2D eigenvalue weighted by molar-refractivity contribution is -0.133. The van der Waals surface area contributed by atoms with Crippen molar-refractivity contribution in [2.75, 3.05) is 13.7 Å². The van der Waals surface area contributed by atoms with Crippen molar-refractivity contribution in [3.63, 3.8) is 0 Å². The normalized spacial score (nSPS) is 10.6. The molecule has 0 spiro atoms. The zero-order valence-corrected chi connectivity index (χ0v) is 14.3. The molecule has 1 aromatic heterocycles. The van der Waals surface area contributed by atoms with E-state index in [-0.39, 0.29) is 11.5 Å². The van der Waals surface area contributed by atoms with Crippen LogP contribution in [0.2, 0.25) is 0 Å².